The summed E-state index contributed by atoms with van der Waals surface area (Å²) in [5.74, 6) is -0.196. The molecule has 3 N–H and O–H groups in total. The molecule has 0 saturated carbocycles. The minimum absolute atomic E-state index is 0.248. The van der Waals surface area contributed by atoms with Crippen molar-refractivity contribution in [3.63, 3.8) is 0 Å². The van der Waals surface area contributed by atoms with E-state index in [4.69, 9.17) is 0 Å². The van der Waals surface area contributed by atoms with E-state index in [0.29, 0.717) is 11.4 Å². The normalized spacial score (nSPS) is 11.8. The van der Waals surface area contributed by atoms with Gasteiger partial charge in [-0.05, 0) is 18.6 Å². The van der Waals surface area contributed by atoms with E-state index in [1.165, 1.54) is 18.5 Å². The van der Waals surface area contributed by atoms with Crippen molar-refractivity contribution in [2.75, 3.05) is 10.6 Å². The van der Waals surface area contributed by atoms with Crippen molar-refractivity contribution >= 4 is 17.7 Å². The molecule has 9 heteroatoms. The maximum absolute atomic E-state index is 14.0. The van der Waals surface area contributed by atoms with E-state index >= 15 is 0 Å². The lowest BCUT2D eigenvalue weighted by Crippen LogP contribution is -2.12. The molecule has 1 unspecified atom stereocenters. The minimum atomic E-state index is -0.637. The molecule has 4 aromatic rings. The van der Waals surface area contributed by atoms with Crippen LogP contribution in [0.1, 0.15) is 18.5 Å². The first kappa shape index (κ1) is 18.5. The maximum atomic E-state index is 14.0. The third-order valence-electron chi connectivity index (χ3n) is 4.25. The number of hydrogen-bond donors (Lipinski definition) is 3. The summed E-state index contributed by atoms with van der Waals surface area (Å²) < 4.78 is 27.1. The van der Waals surface area contributed by atoms with E-state index in [1.807, 2.05) is 36.4 Å². The molecule has 2 aromatic heterocycles. The number of aromatic nitrogens is 5. The van der Waals surface area contributed by atoms with Crippen LogP contribution in [0.15, 0.2) is 60.9 Å². The Morgan fingerprint density at radius 1 is 0.966 bits per heavy atom. The number of anilines is 3. The Hall–Kier alpha value is -3.88. The molecule has 0 bridgehead atoms. The van der Waals surface area contributed by atoms with E-state index in [9.17, 15) is 8.78 Å². The molecule has 0 spiro atoms. The zero-order chi connectivity index (χ0) is 20.2. The summed E-state index contributed by atoms with van der Waals surface area (Å²) in [4.78, 5) is 12.4. The van der Waals surface area contributed by atoms with Crippen LogP contribution in [0.4, 0.5) is 26.5 Å². The highest BCUT2D eigenvalue weighted by Gasteiger charge is 2.13. The summed E-state index contributed by atoms with van der Waals surface area (Å²) in [6.45, 7) is 1.73. The predicted octanol–water partition coefficient (Wildman–Crippen LogP) is 4.46. The molecule has 1 atom stereocenters. The van der Waals surface area contributed by atoms with Gasteiger partial charge in [-0.2, -0.15) is 10.1 Å². The SMILES string of the molecule is CC(Nc1ncnc(Nc2cc(-c3ccccc3)[nH]n2)n1)c1ccc(F)cc1F. The fourth-order valence-corrected chi connectivity index (χ4v) is 2.82. The number of hydrogen-bond acceptors (Lipinski definition) is 6. The van der Waals surface area contributed by atoms with Crippen LogP contribution in [0.3, 0.4) is 0 Å². The van der Waals surface area contributed by atoms with Crippen LogP contribution >= 0.6 is 0 Å². The number of nitrogens with zero attached hydrogens (tertiary/aromatic N) is 4. The average molecular weight is 393 g/mol. The molecule has 0 aliphatic heterocycles. The van der Waals surface area contributed by atoms with Crippen molar-refractivity contribution in [1.82, 2.24) is 25.1 Å². The summed E-state index contributed by atoms with van der Waals surface area (Å²) in [6, 6.07) is 14.6. The van der Waals surface area contributed by atoms with Crippen LogP contribution in [0.25, 0.3) is 11.3 Å². The van der Waals surface area contributed by atoms with Crippen LogP contribution in [0.2, 0.25) is 0 Å². The number of nitrogens with one attached hydrogen (secondary N) is 3. The molecule has 0 saturated heterocycles. The van der Waals surface area contributed by atoms with E-state index in [-0.39, 0.29) is 11.9 Å². The summed E-state index contributed by atoms with van der Waals surface area (Å²) in [7, 11) is 0. The van der Waals surface area contributed by atoms with Gasteiger partial charge in [-0.1, -0.05) is 36.4 Å². The fraction of sp³-hybridized carbons (Fsp3) is 0.100. The Balaban J connectivity index is 1.47. The van der Waals surface area contributed by atoms with Gasteiger partial charge >= 0.3 is 0 Å². The van der Waals surface area contributed by atoms with Crippen LogP contribution in [0, 0.1) is 11.6 Å². The van der Waals surface area contributed by atoms with Crippen LogP contribution < -0.4 is 10.6 Å². The minimum Gasteiger partial charge on any atom is -0.347 e. The lowest BCUT2D eigenvalue weighted by molar-refractivity contribution is 0.566. The van der Waals surface area contributed by atoms with Gasteiger partial charge in [0.1, 0.15) is 18.0 Å². The molecule has 0 aliphatic carbocycles. The van der Waals surface area contributed by atoms with Gasteiger partial charge < -0.3 is 10.6 Å². The highest BCUT2D eigenvalue weighted by Crippen LogP contribution is 2.23. The quantitative estimate of drug-likeness (QED) is 0.448. The predicted molar refractivity (Wildman–Crippen MR) is 106 cm³/mol. The molecular weight excluding hydrogens is 376 g/mol. The van der Waals surface area contributed by atoms with E-state index in [0.717, 1.165) is 17.3 Å². The zero-order valence-corrected chi connectivity index (χ0v) is 15.4. The fourth-order valence-electron chi connectivity index (χ4n) is 2.82. The van der Waals surface area contributed by atoms with E-state index < -0.39 is 17.7 Å². The third-order valence-corrected chi connectivity index (χ3v) is 4.25. The molecule has 0 radical (unpaired) electrons. The molecule has 2 aromatic carbocycles. The van der Waals surface area contributed by atoms with Gasteiger partial charge in [0.15, 0.2) is 5.82 Å². The van der Waals surface area contributed by atoms with Crippen molar-refractivity contribution in [2.24, 2.45) is 0 Å². The second-order valence-corrected chi connectivity index (χ2v) is 6.32. The number of halogens is 2. The molecule has 0 fully saturated rings. The van der Waals surface area contributed by atoms with E-state index in [1.54, 1.807) is 6.92 Å². The van der Waals surface area contributed by atoms with Crippen LogP contribution in [-0.4, -0.2) is 25.1 Å². The van der Waals surface area contributed by atoms with Gasteiger partial charge in [-0.3, -0.25) is 5.10 Å². The smallest absolute Gasteiger partial charge is 0.233 e. The summed E-state index contributed by atoms with van der Waals surface area (Å²) in [5.41, 5.74) is 2.16. The van der Waals surface area contributed by atoms with Gasteiger partial charge in [0.25, 0.3) is 0 Å². The molecule has 0 aliphatic rings. The van der Waals surface area contributed by atoms with Crippen molar-refractivity contribution in [3.8, 4) is 11.3 Å². The van der Waals surface area contributed by atoms with E-state index in [2.05, 4.69) is 35.8 Å². The topological polar surface area (TPSA) is 91.4 Å². The number of aromatic amines is 1. The van der Waals surface area contributed by atoms with Gasteiger partial charge in [0.2, 0.25) is 11.9 Å². The van der Waals surface area contributed by atoms with Crippen LogP contribution in [0.5, 0.6) is 0 Å². The maximum Gasteiger partial charge on any atom is 0.233 e. The molecule has 29 heavy (non-hydrogen) atoms. The summed E-state index contributed by atoms with van der Waals surface area (Å²) in [6.07, 6.45) is 1.33. The first-order valence-electron chi connectivity index (χ1n) is 8.87. The Bertz CT molecular complexity index is 1110. The first-order valence-corrected chi connectivity index (χ1v) is 8.87. The standard InChI is InChI=1S/C20H17F2N7/c1-12(15-8-7-14(21)9-16(15)22)25-19-23-11-24-20(27-19)26-18-10-17(28-29-18)13-5-3-2-4-6-13/h2-12H,1H3,(H3,23,24,25,26,27,28,29). The third kappa shape index (κ3) is 4.34. The number of H-pyrrole nitrogens is 1. The summed E-state index contributed by atoms with van der Waals surface area (Å²) in [5, 5.41) is 13.1. The molecule has 0 amide bonds. The monoisotopic (exact) mass is 393 g/mol. The zero-order valence-electron chi connectivity index (χ0n) is 15.4. The Kier molecular flexibility index (Phi) is 5.10. The summed E-state index contributed by atoms with van der Waals surface area (Å²) >= 11 is 0. The highest BCUT2D eigenvalue weighted by atomic mass is 19.1. The highest BCUT2D eigenvalue weighted by molar-refractivity contribution is 5.64. The molecule has 146 valence electrons. The van der Waals surface area contributed by atoms with Gasteiger partial charge in [-0.15, -0.1) is 0 Å². The number of benzene rings is 2. The van der Waals surface area contributed by atoms with Gasteiger partial charge in [0, 0.05) is 17.7 Å². The van der Waals surface area contributed by atoms with Gasteiger partial charge in [0.05, 0.1) is 11.7 Å². The molecule has 2 heterocycles. The average Bonchev–Trinajstić information content (AvgIpc) is 3.17. The van der Waals surface area contributed by atoms with Crippen molar-refractivity contribution in [2.45, 2.75) is 13.0 Å². The largest absolute Gasteiger partial charge is 0.347 e. The molecular formula is C20H17F2N7. The van der Waals surface area contributed by atoms with Crippen molar-refractivity contribution in [1.29, 1.82) is 0 Å². The number of rotatable bonds is 6. The van der Waals surface area contributed by atoms with Crippen molar-refractivity contribution in [3.05, 3.63) is 78.1 Å². The van der Waals surface area contributed by atoms with Crippen molar-refractivity contribution < 1.29 is 8.78 Å². The Labute approximate surface area is 165 Å². The lowest BCUT2D eigenvalue weighted by Gasteiger charge is -2.15. The first-order chi connectivity index (χ1) is 14.1. The second kappa shape index (κ2) is 8.01. The lowest BCUT2D eigenvalue weighted by atomic mass is 10.1. The molecule has 7 nitrogen and oxygen atoms in total. The van der Waals surface area contributed by atoms with Crippen LogP contribution in [-0.2, 0) is 0 Å². The second-order valence-electron chi connectivity index (χ2n) is 6.32. The molecule has 4 rings (SSSR count). The Morgan fingerprint density at radius 3 is 2.55 bits per heavy atom. The Morgan fingerprint density at radius 2 is 1.76 bits per heavy atom. The van der Waals surface area contributed by atoms with Gasteiger partial charge in [-0.25, -0.2) is 18.7 Å².